The van der Waals surface area contributed by atoms with E-state index in [9.17, 15) is 4.79 Å². The zero-order valence-corrected chi connectivity index (χ0v) is 16.6. The first-order valence-corrected chi connectivity index (χ1v) is 9.96. The van der Waals surface area contributed by atoms with E-state index in [1.807, 2.05) is 36.4 Å². The van der Waals surface area contributed by atoms with Crippen LogP contribution < -0.4 is 5.32 Å². The van der Waals surface area contributed by atoms with Crippen LogP contribution in [0.15, 0.2) is 65.2 Å². The summed E-state index contributed by atoms with van der Waals surface area (Å²) in [7, 11) is 0. The van der Waals surface area contributed by atoms with E-state index in [1.54, 1.807) is 24.4 Å². The van der Waals surface area contributed by atoms with Gasteiger partial charge in [-0.15, -0.1) is 0 Å². The number of aromatic nitrogens is 1. The molecule has 1 atom stereocenters. The molecule has 0 unspecified atom stereocenters. The molecule has 4 rings (SSSR count). The maximum absolute atomic E-state index is 12.7. The molecule has 3 heterocycles. The number of pyridine rings is 1. The maximum atomic E-state index is 12.7. The first-order chi connectivity index (χ1) is 14.2. The Balaban J connectivity index is 1.46. The van der Waals surface area contributed by atoms with Crippen LogP contribution in [0.1, 0.15) is 22.3 Å². The molecule has 150 valence electrons. The van der Waals surface area contributed by atoms with Crippen molar-refractivity contribution in [2.75, 3.05) is 32.8 Å². The summed E-state index contributed by atoms with van der Waals surface area (Å²) in [6.07, 6.45) is 1.77. The van der Waals surface area contributed by atoms with E-state index < -0.39 is 0 Å². The van der Waals surface area contributed by atoms with Crippen LogP contribution in [-0.4, -0.2) is 48.6 Å². The summed E-state index contributed by atoms with van der Waals surface area (Å²) >= 11 is 6.22. The minimum atomic E-state index is -0.266. The molecule has 1 fully saturated rings. The van der Waals surface area contributed by atoms with Gasteiger partial charge in [0.25, 0.3) is 5.91 Å². The summed E-state index contributed by atoms with van der Waals surface area (Å²) in [5.74, 6) is 0.550. The van der Waals surface area contributed by atoms with Gasteiger partial charge < -0.3 is 14.5 Å². The molecule has 1 saturated heterocycles. The normalized spacial score (nSPS) is 15.8. The molecule has 29 heavy (non-hydrogen) atoms. The van der Waals surface area contributed by atoms with Crippen molar-refractivity contribution >= 4 is 17.5 Å². The highest BCUT2D eigenvalue weighted by Crippen LogP contribution is 2.29. The molecule has 0 saturated carbocycles. The average Bonchev–Trinajstić information content (AvgIpc) is 3.26. The lowest BCUT2D eigenvalue weighted by atomic mass is 10.1. The third-order valence-corrected chi connectivity index (χ3v) is 5.27. The molecular weight excluding hydrogens is 390 g/mol. The van der Waals surface area contributed by atoms with Gasteiger partial charge in [0.05, 0.1) is 30.0 Å². The van der Waals surface area contributed by atoms with Crippen LogP contribution in [-0.2, 0) is 4.74 Å². The summed E-state index contributed by atoms with van der Waals surface area (Å²) in [5, 5.41) is 3.57. The monoisotopic (exact) mass is 411 g/mol. The number of benzene rings is 1. The third-order valence-electron chi connectivity index (χ3n) is 4.94. The number of ether oxygens (including phenoxy) is 1. The average molecular weight is 412 g/mol. The number of hydrogen-bond acceptors (Lipinski definition) is 5. The summed E-state index contributed by atoms with van der Waals surface area (Å²) in [6, 6.07) is 16.6. The molecule has 1 aliphatic heterocycles. The second-order valence-electron chi connectivity index (χ2n) is 6.77. The van der Waals surface area contributed by atoms with E-state index >= 15 is 0 Å². The fraction of sp³-hybridized carbons (Fsp3) is 0.273. The van der Waals surface area contributed by atoms with Gasteiger partial charge >= 0.3 is 0 Å². The van der Waals surface area contributed by atoms with E-state index in [2.05, 4.69) is 15.2 Å². The van der Waals surface area contributed by atoms with Crippen LogP contribution in [0, 0.1) is 0 Å². The van der Waals surface area contributed by atoms with Gasteiger partial charge in [-0.1, -0.05) is 29.8 Å². The summed E-state index contributed by atoms with van der Waals surface area (Å²) < 4.78 is 11.2. The fourth-order valence-electron chi connectivity index (χ4n) is 3.43. The predicted molar refractivity (Wildman–Crippen MR) is 111 cm³/mol. The second kappa shape index (κ2) is 9.22. The van der Waals surface area contributed by atoms with Crippen molar-refractivity contribution in [1.82, 2.24) is 15.2 Å². The highest BCUT2D eigenvalue weighted by molar-refractivity contribution is 6.33. The molecule has 0 bridgehead atoms. The van der Waals surface area contributed by atoms with Crippen molar-refractivity contribution in [3.63, 3.8) is 0 Å². The molecule has 6 nitrogen and oxygen atoms in total. The van der Waals surface area contributed by atoms with Gasteiger partial charge in [0, 0.05) is 31.4 Å². The molecule has 7 heteroatoms. The van der Waals surface area contributed by atoms with Crippen molar-refractivity contribution in [2.45, 2.75) is 6.04 Å². The van der Waals surface area contributed by atoms with E-state index in [0.717, 1.165) is 24.3 Å². The second-order valence-corrected chi connectivity index (χ2v) is 7.18. The van der Waals surface area contributed by atoms with Gasteiger partial charge in [-0.05, 0) is 36.4 Å². The van der Waals surface area contributed by atoms with Crippen molar-refractivity contribution in [1.29, 1.82) is 0 Å². The number of amides is 1. The van der Waals surface area contributed by atoms with Crippen LogP contribution in [0.4, 0.5) is 0 Å². The Labute approximate surface area is 174 Å². The first-order valence-electron chi connectivity index (χ1n) is 9.58. The lowest BCUT2D eigenvalue weighted by Gasteiger charge is -2.34. The number of rotatable bonds is 6. The highest BCUT2D eigenvalue weighted by Gasteiger charge is 2.25. The predicted octanol–water partition coefficient (Wildman–Crippen LogP) is 3.80. The van der Waals surface area contributed by atoms with Crippen LogP contribution in [0.5, 0.6) is 0 Å². The lowest BCUT2D eigenvalue weighted by molar-refractivity contribution is 0.0153. The lowest BCUT2D eigenvalue weighted by Crippen LogP contribution is -2.44. The molecule has 0 spiro atoms. The zero-order chi connectivity index (χ0) is 20.1. The zero-order valence-electron chi connectivity index (χ0n) is 15.9. The van der Waals surface area contributed by atoms with E-state index in [1.165, 1.54) is 0 Å². The first kappa shape index (κ1) is 19.6. The van der Waals surface area contributed by atoms with Gasteiger partial charge in [-0.3, -0.25) is 14.7 Å². The van der Waals surface area contributed by atoms with Gasteiger partial charge in [-0.2, -0.15) is 0 Å². The molecule has 1 aromatic carbocycles. The smallest absolute Gasteiger partial charge is 0.287 e. The van der Waals surface area contributed by atoms with E-state index in [-0.39, 0.29) is 17.7 Å². The van der Waals surface area contributed by atoms with Gasteiger partial charge in [0.2, 0.25) is 0 Å². The van der Waals surface area contributed by atoms with Crippen molar-refractivity contribution < 1.29 is 13.9 Å². The Morgan fingerprint density at radius 1 is 1.10 bits per heavy atom. The quantitative estimate of drug-likeness (QED) is 0.668. The number of morpholine rings is 1. The van der Waals surface area contributed by atoms with Crippen LogP contribution in [0.3, 0.4) is 0 Å². The number of nitrogens with zero attached hydrogens (tertiary/aromatic N) is 2. The molecule has 1 N–H and O–H groups in total. The molecule has 2 aromatic heterocycles. The Hall–Kier alpha value is -2.67. The Kier molecular flexibility index (Phi) is 6.24. The third kappa shape index (κ3) is 4.67. The summed E-state index contributed by atoms with van der Waals surface area (Å²) in [6.45, 7) is 3.38. The number of nitrogens with one attached hydrogen (secondary N) is 1. The number of carbonyl (C=O) groups excluding carboxylic acids is 1. The molecule has 1 aliphatic rings. The van der Waals surface area contributed by atoms with Crippen LogP contribution in [0.2, 0.25) is 5.02 Å². The van der Waals surface area contributed by atoms with Crippen LogP contribution in [0.25, 0.3) is 11.3 Å². The molecule has 0 radical (unpaired) electrons. The SMILES string of the molecule is O=C(NC[C@H](c1ccccn1)N1CCOCC1)c1ccc(-c2ccccc2Cl)o1. The topological polar surface area (TPSA) is 67.6 Å². The van der Waals surface area contributed by atoms with Crippen LogP contribution >= 0.6 is 11.6 Å². The Morgan fingerprint density at radius 2 is 1.90 bits per heavy atom. The van der Waals surface area contributed by atoms with E-state index in [4.69, 9.17) is 20.8 Å². The maximum Gasteiger partial charge on any atom is 0.287 e. The van der Waals surface area contributed by atoms with Crippen molar-refractivity contribution in [3.05, 3.63) is 77.3 Å². The number of furan rings is 1. The Morgan fingerprint density at radius 3 is 2.66 bits per heavy atom. The summed E-state index contributed by atoms with van der Waals surface area (Å²) in [5.41, 5.74) is 1.68. The molecule has 1 amide bonds. The highest BCUT2D eigenvalue weighted by atomic mass is 35.5. The largest absolute Gasteiger partial charge is 0.451 e. The number of halogens is 1. The molecule has 0 aliphatic carbocycles. The van der Waals surface area contributed by atoms with Crippen molar-refractivity contribution in [3.8, 4) is 11.3 Å². The van der Waals surface area contributed by atoms with Gasteiger partial charge in [0.15, 0.2) is 5.76 Å². The summed E-state index contributed by atoms with van der Waals surface area (Å²) in [4.78, 5) is 19.5. The standard InChI is InChI=1S/C22H22ClN3O3/c23-17-6-2-1-5-16(17)20-8-9-21(29-20)22(27)25-15-19(18-7-3-4-10-24-18)26-11-13-28-14-12-26/h1-10,19H,11-15H2,(H,25,27)/t19-/m1/s1. The van der Waals surface area contributed by atoms with Crippen molar-refractivity contribution in [2.24, 2.45) is 0 Å². The Bertz CT molecular complexity index is 955. The minimum Gasteiger partial charge on any atom is -0.451 e. The van der Waals surface area contributed by atoms with Gasteiger partial charge in [0.1, 0.15) is 5.76 Å². The van der Waals surface area contributed by atoms with E-state index in [0.29, 0.717) is 30.5 Å². The molecular formula is C22H22ClN3O3. The number of hydrogen-bond donors (Lipinski definition) is 1. The van der Waals surface area contributed by atoms with Gasteiger partial charge in [-0.25, -0.2) is 0 Å². The molecule has 3 aromatic rings. The fourth-order valence-corrected chi connectivity index (χ4v) is 3.65. The number of carbonyl (C=O) groups is 1. The minimum absolute atomic E-state index is 0.0259.